The van der Waals surface area contributed by atoms with Crippen molar-refractivity contribution in [3.05, 3.63) is 0 Å². The summed E-state index contributed by atoms with van der Waals surface area (Å²) in [5.41, 5.74) is 5.62. The number of amides is 1. The topological polar surface area (TPSA) is 46.3 Å². The summed E-state index contributed by atoms with van der Waals surface area (Å²) in [5.74, 6) is 1.65. The molecule has 3 heteroatoms. The van der Waals surface area contributed by atoms with Gasteiger partial charge in [0.1, 0.15) is 0 Å². The van der Waals surface area contributed by atoms with Gasteiger partial charge >= 0.3 is 0 Å². The lowest BCUT2D eigenvalue weighted by molar-refractivity contribution is -0.137. The van der Waals surface area contributed by atoms with Crippen molar-refractivity contribution in [2.75, 3.05) is 13.1 Å². The molecule has 1 aliphatic carbocycles. The highest BCUT2D eigenvalue weighted by Gasteiger charge is 2.35. The number of carbonyl (C=O) groups is 1. The van der Waals surface area contributed by atoms with E-state index in [2.05, 4.69) is 11.8 Å². The molecule has 2 aliphatic rings. The predicted molar refractivity (Wildman–Crippen MR) is 74.1 cm³/mol. The Balaban J connectivity index is 1.87. The zero-order chi connectivity index (χ0) is 13.0. The molecule has 0 aromatic heterocycles. The number of nitrogens with two attached hydrogens (primary N) is 1. The van der Waals surface area contributed by atoms with Gasteiger partial charge in [0.15, 0.2) is 0 Å². The lowest BCUT2D eigenvalue weighted by Gasteiger charge is -2.44. The number of fused-ring (bicyclic) bond motifs is 1. The minimum atomic E-state index is 0.381. The fraction of sp³-hybridized carbons (Fsp3) is 0.933. The van der Waals surface area contributed by atoms with Gasteiger partial charge in [-0.1, -0.05) is 19.8 Å². The number of hydrogen-bond donors (Lipinski definition) is 1. The van der Waals surface area contributed by atoms with Gasteiger partial charge in [-0.05, 0) is 50.5 Å². The van der Waals surface area contributed by atoms with E-state index in [-0.39, 0.29) is 0 Å². The van der Waals surface area contributed by atoms with Crippen LogP contribution in [-0.2, 0) is 4.79 Å². The summed E-state index contributed by atoms with van der Waals surface area (Å²) in [4.78, 5) is 14.6. The molecular weight excluding hydrogens is 224 g/mol. The zero-order valence-corrected chi connectivity index (χ0v) is 11.7. The van der Waals surface area contributed by atoms with Crippen molar-refractivity contribution >= 4 is 5.91 Å². The highest BCUT2D eigenvalue weighted by molar-refractivity contribution is 5.76. The molecule has 1 unspecified atom stereocenters. The summed E-state index contributed by atoms with van der Waals surface area (Å²) >= 11 is 0. The van der Waals surface area contributed by atoms with Gasteiger partial charge in [0.2, 0.25) is 5.91 Å². The van der Waals surface area contributed by atoms with Gasteiger partial charge in [-0.3, -0.25) is 4.79 Å². The molecular formula is C15H28N2O. The summed E-state index contributed by atoms with van der Waals surface area (Å²) in [6.45, 7) is 3.82. The Morgan fingerprint density at radius 3 is 2.78 bits per heavy atom. The molecule has 0 aromatic rings. The first-order valence-electron chi connectivity index (χ1n) is 7.72. The van der Waals surface area contributed by atoms with Crippen molar-refractivity contribution in [3.8, 4) is 0 Å². The third-order valence-corrected chi connectivity index (χ3v) is 4.82. The monoisotopic (exact) mass is 252 g/mol. The van der Waals surface area contributed by atoms with E-state index in [4.69, 9.17) is 5.73 Å². The number of nitrogens with zero attached hydrogens (tertiary/aromatic N) is 1. The van der Waals surface area contributed by atoms with E-state index in [1.807, 2.05) is 0 Å². The van der Waals surface area contributed by atoms with Crippen LogP contribution in [0.5, 0.6) is 0 Å². The lowest BCUT2D eigenvalue weighted by atomic mass is 9.78. The van der Waals surface area contributed by atoms with E-state index >= 15 is 0 Å². The zero-order valence-electron chi connectivity index (χ0n) is 11.7. The first-order chi connectivity index (χ1) is 8.72. The quantitative estimate of drug-likeness (QED) is 0.835. The van der Waals surface area contributed by atoms with Crippen molar-refractivity contribution in [2.45, 2.75) is 64.3 Å². The Hall–Kier alpha value is -0.570. The Morgan fingerprint density at radius 2 is 2.00 bits per heavy atom. The smallest absolute Gasteiger partial charge is 0.222 e. The Kier molecular flexibility index (Phi) is 5.04. The molecule has 3 atom stereocenters. The molecule has 0 spiro atoms. The van der Waals surface area contributed by atoms with Crippen LogP contribution in [0, 0.1) is 11.8 Å². The highest BCUT2D eigenvalue weighted by Crippen LogP contribution is 2.35. The predicted octanol–water partition coefficient (Wildman–Crippen LogP) is 2.54. The largest absolute Gasteiger partial charge is 0.339 e. The molecule has 2 N–H and O–H groups in total. The molecule has 0 radical (unpaired) electrons. The Bertz CT molecular complexity index is 278. The van der Waals surface area contributed by atoms with Gasteiger partial charge in [0.25, 0.3) is 0 Å². The van der Waals surface area contributed by atoms with Crippen LogP contribution in [0.4, 0.5) is 0 Å². The minimum Gasteiger partial charge on any atom is -0.339 e. The number of hydrogen-bond acceptors (Lipinski definition) is 2. The first kappa shape index (κ1) is 13.9. The Labute approximate surface area is 111 Å². The second kappa shape index (κ2) is 6.55. The van der Waals surface area contributed by atoms with Crippen molar-refractivity contribution in [1.82, 2.24) is 4.90 Å². The van der Waals surface area contributed by atoms with Crippen molar-refractivity contribution in [3.63, 3.8) is 0 Å². The summed E-state index contributed by atoms with van der Waals surface area (Å²) in [5, 5.41) is 0. The van der Waals surface area contributed by atoms with Gasteiger partial charge in [-0.25, -0.2) is 0 Å². The number of piperidine rings is 1. The first-order valence-corrected chi connectivity index (χ1v) is 7.72. The number of carbonyl (C=O) groups excluding carboxylic acids is 1. The molecule has 2 fully saturated rings. The molecule has 0 aromatic carbocycles. The number of likely N-dealkylation sites (tertiary alicyclic amines) is 1. The van der Waals surface area contributed by atoms with E-state index < -0.39 is 0 Å². The van der Waals surface area contributed by atoms with Crippen LogP contribution in [0.1, 0.15) is 58.3 Å². The van der Waals surface area contributed by atoms with E-state index in [0.717, 1.165) is 18.9 Å². The third kappa shape index (κ3) is 3.25. The number of rotatable bonds is 4. The van der Waals surface area contributed by atoms with E-state index in [9.17, 15) is 4.79 Å². The van der Waals surface area contributed by atoms with Gasteiger partial charge in [-0.15, -0.1) is 0 Å². The molecule has 1 saturated heterocycles. The average Bonchev–Trinajstić information content (AvgIpc) is 2.43. The fourth-order valence-corrected chi connectivity index (χ4v) is 3.57. The van der Waals surface area contributed by atoms with E-state index in [0.29, 0.717) is 30.8 Å². The van der Waals surface area contributed by atoms with Crippen LogP contribution < -0.4 is 5.73 Å². The van der Waals surface area contributed by atoms with Crippen LogP contribution in [0.2, 0.25) is 0 Å². The van der Waals surface area contributed by atoms with Crippen molar-refractivity contribution < 1.29 is 4.79 Å². The van der Waals surface area contributed by atoms with Crippen LogP contribution >= 0.6 is 0 Å². The Morgan fingerprint density at radius 1 is 1.28 bits per heavy atom. The maximum Gasteiger partial charge on any atom is 0.222 e. The van der Waals surface area contributed by atoms with Crippen molar-refractivity contribution in [1.29, 1.82) is 0 Å². The van der Waals surface area contributed by atoms with Crippen LogP contribution in [-0.4, -0.2) is 29.9 Å². The fourth-order valence-electron chi connectivity index (χ4n) is 3.57. The van der Waals surface area contributed by atoms with Gasteiger partial charge in [0, 0.05) is 19.0 Å². The standard InChI is InChI=1S/C15H28N2O/c1-12(11-16)8-9-15(18)17-10-4-6-13-5-2-3-7-14(13)17/h12-14H,2-11,16H2,1H3/t12?,13-,14-/m1/s1. The van der Waals surface area contributed by atoms with Crippen LogP contribution in [0.3, 0.4) is 0 Å². The van der Waals surface area contributed by atoms with Gasteiger partial charge < -0.3 is 10.6 Å². The maximum atomic E-state index is 12.4. The summed E-state index contributed by atoms with van der Waals surface area (Å²) in [6, 6.07) is 0.563. The van der Waals surface area contributed by atoms with Crippen molar-refractivity contribution in [2.24, 2.45) is 17.6 Å². The molecule has 0 bridgehead atoms. The molecule has 3 nitrogen and oxygen atoms in total. The second-order valence-electron chi connectivity index (χ2n) is 6.22. The normalized spacial score (nSPS) is 29.8. The van der Waals surface area contributed by atoms with E-state index in [1.54, 1.807) is 0 Å². The molecule has 2 rings (SSSR count). The minimum absolute atomic E-state index is 0.381. The third-order valence-electron chi connectivity index (χ3n) is 4.82. The average molecular weight is 252 g/mol. The molecule has 1 saturated carbocycles. The second-order valence-corrected chi connectivity index (χ2v) is 6.22. The summed E-state index contributed by atoms with van der Waals surface area (Å²) in [6.07, 6.45) is 9.45. The van der Waals surface area contributed by atoms with Crippen LogP contribution in [0.25, 0.3) is 0 Å². The van der Waals surface area contributed by atoms with Gasteiger partial charge in [-0.2, -0.15) is 0 Å². The lowest BCUT2D eigenvalue weighted by Crippen LogP contribution is -2.49. The summed E-state index contributed by atoms with van der Waals surface area (Å²) in [7, 11) is 0. The molecule has 1 amide bonds. The molecule has 104 valence electrons. The highest BCUT2D eigenvalue weighted by atomic mass is 16.2. The summed E-state index contributed by atoms with van der Waals surface area (Å²) < 4.78 is 0. The molecule has 1 aliphatic heterocycles. The maximum absolute atomic E-state index is 12.4. The molecule has 1 heterocycles. The van der Waals surface area contributed by atoms with E-state index in [1.165, 1.54) is 38.5 Å². The van der Waals surface area contributed by atoms with Crippen LogP contribution in [0.15, 0.2) is 0 Å². The molecule has 18 heavy (non-hydrogen) atoms. The van der Waals surface area contributed by atoms with Gasteiger partial charge in [0.05, 0.1) is 0 Å². The SMILES string of the molecule is CC(CN)CCC(=O)N1CCC[C@H]2CCCC[C@H]21.